The van der Waals surface area contributed by atoms with Gasteiger partial charge in [-0.05, 0) is 0 Å². The van der Waals surface area contributed by atoms with Crippen molar-refractivity contribution < 1.29 is 57.3 Å². The van der Waals surface area contributed by atoms with Crippen LogP contribution < -0.4 is 0 Å². The van der Waals surface area contributed by atoms with E-state index in [-0.39, 0.29) is 17.1 Å². The number of carboxylic acid groups (broad SMARTS) is 2. The molecule has 9 heteroatoms. The number of aliphatic hydroxyl groups excluding tert-OH is 4. The van der Waals surface area contributed by atoms with Crippen molar-refractivity contribution in [3.05, 3.63) is 0 Å². The molecular weight excluding hydrogens is 264 g/mol. The fraction of sp³-hybridized carbons (Fsp3) is 0.667. The number of carboxylic acids is 2. The molecule has 93 valence electrons. The minimum atomic E-state index is -2.36. The van der Waals surface area contributed by atoms with E-state index in [1.54, 1.807) is 0 Å². The molecule has 0 bridgehead atoms. The van der Waals surface area contributed by atoms with Gasteiger partial charge in [0.2, 0.25) is 0 Å². The molecule has 6 N–H and O–H groups in total. The molecule has 15 heavy (non-hydrogen) atoms. The average molecular weight is 274 g/mol. The van der Waals surface area contributed by atoms with Gasteiger partial charge < -0.3 is 30.6 Å². The summed E-state index contributed by atoms with van der Waals surface area (Å²) in [5.41, 5.74) is 0. The van der Waals surface area contributed by atoms with E-state index in [2.05, 4.69) is 0 Å². The van der Waals surface area contributed by atoms with E-state index in [1.165, 1.54) is 0 Å². The zero-order chi connectivity index (χ0) is 11.5. The minimum Gasteiger partial charge on any atom is -0.479 e. The Labute approximate surface area is 94.2 Å². The van der Waals surface area contributed by atoms with Crippen LogP contribution in [-0.2, 0) is 26.7 Å². The van der Waals surface area contributed by atoms with E-state index in [0.29, 0.717) is 0 Å². The second-order valence-electron chi connectivity index (χ2n) is 2.55. The van der Waals surface area contributed by atoms with Crippen molar-refractivity contribution in [2.24, 2.45) is 0 Å². The topological polar surface area (TPSA) is 156 Å². The normalized spacial score (nSPS) is 18.1. The first-order valence-electron chi connectivity index (χ1n) is 3.47. The van der Waals surface area contributed by atoms with Crippen molar-refractivity contribution in [3.63, 3.8) is 0 Å². The summed E-state index contributed by atoms with van der Waals surface area (Å²) >= 11 is 0. The van der Waals surface area contributed by atoms with Crippen molar-refractivity contribution in [2.75, 3.05) is 0 Å². The van der Waals surface area contributed by atoms with Gasteiger partial charge in [-0.25, -0.2) is 9.59 Å². The Morgan fingerprint density at radius 3 is 1.07 bits per heavy atom. The monoisotopic (exact) mass is 273 g/mol. The molecular formula is C6H10CuO8. The minimum absolute atomic E-state index is 0. The molecule has 0 heterocycles. The predicted octanol–water partition coefficient (Wildman–Crippen LogP) is -3.40. The average Bonchev–Trinajstić information content (AvgIpc) is 2.12. The molecule has 0 aliphatic rings. The Morgan fingerprint density at radius 2 is 0.933 bits per heavy atom. The molecule has 4 atom stereocenters. The zero-order valence-corrected chi connectivity index (χ0v) is 8.05. The van der Waals surface area contributed by atoms with E-state index in [4.69, 9.17) is 30.6 Å². The molecule has 0 rings (SSSR count). The number of aliphatic carboxylic acids is 2. The molecule has 0 fully saturated rings. The Hall–Kier alpha value is -0.701. The van der Waals surface area contributed by atoms with E-state index >= 15 is 0 Å². The van der Waals surface area contributed by atoms with Crippen LogP contribution in [0, 0.1) is 0 Å². The molecule has 0 amide bonds. The van der Waals surface area contributed by atoms with Crippen LogP contribution in [0.15, 0.2) is 0 Å². The van der Waals surface area contributed by atoms with E-state index in [0.717, 1.165) is 0 Å². The molecule has 0 unspecified atom stereocenters. The summed E-state index contributed by atoms with van der Waals surface area (Å²) in [5, 5.41) is 51.5. The number of carbonyl (C=O) groups is 2. The second-order valence-corrected chi connectivity index (χ2v) is 2.55. The fourth-order valence-electron chi connectivity index (χ4n) is 0.666. The zero-order valence-electron chi connectivity index (χ0n) is 7.11. The van der Waals surface area contributed by atoms with Crippen molar-refractivity contribution >= 4 is 11.9 Å². The van der Waals surface area contributed by atoms with Crippen LogP contribution in [-0.4, -0.2) is 67.0 Å². The first-order valence-corrected chi connectivity index (χ1v) is 3.47. The van der Waals surface area contributed by atoms with Gasteiger partial charge in [0.1, 0.15) is 12.2 Å². The smallest absolute Gasteiger partial charge is 0.335 e. The van der Waals surface area contributed by atoms with Crippen LogP contribution in [0.2, 0.25) is 0 Å². The van der Waals surface area contributed by atoms with Gasteiger partial charge in [-0.3, -0.25) is 0 Å². The number of aliphatic hydroxyl groups is 4. The van der Waals surface area contributed by atoms with Gasteiger partial charge in [0.15, 0.2) is 12.2 Å². The molecule has 1 radical (unpaired) electrons. The van der Waals surface area contributed by atoms with Crippen molar-refractivity contribution in [1.82, 2.24) is 0 Å². The van der Waals surface area contributed by atoms with Crippen LogP contribution in [0.3, 0.4) is 0 Å². The van der Waals surface area contributed by atoms with Gasteiger partial charge in [0.25, 0.3) is 0 Å². The first kappa shape index (κ1) is 16.7. The number of hydrogen-bond donors (Lipinski definition) is 6. The third-order valence-electron chi connectivity index (χ3n) is 1.50. The summed E-state index contributed by atoms with van der Waals surface area (Å²) in [7, 11) is 0. The Balaban J connectivity index is 0. The van der Waals surface area contributed by atoms with Crippen molar-refractivity contribution in [3.8, 4) is 0 Å². The van der Waals surface area contributed by atoms with Crippen LogP contribution in [0.4, 0.5) is 0 Å². The van der Waals surface area contributed by atoms with E-state index in [1.807, 2.05) is 0 Å². The van der Waals surface area contributed by atoms with Gasteiger partial charge >= 0.3 is 11.9 Å². The number of rotatable bonds is 5. The maximum atomic E-state index is 10.1. The molecule has 0 saturated carbocycles. The second kappa shape index (κ2) is 6.72. The fourth-order valence-corrected chi connectivity index (χ4v) is 0.666. The maximum absolute atomic E-state index is 10.1. The van der Waals surface area contributed by atoms with Crippen LogP contribution in [0.25, 0.3) is 0 Å². The molecule has 0 aliphatic heterocycles. The summed E-state index contributed by atoms with van der Waals surface area (Å²) in [4.78, 5) is 20.2. The number of hydrogen-bond acceptors (Lipinski definition) is 6. The van der Waals surface area contributed by atoms with E-state index in [9.17, 15) is 9.59 Å². The molecule has 8 nitrogen and oxygen atoms in total. The summed E-state index contributed by atoms with van der Waals surface area (Å²) in [5.74, 6) is -3.68. The Morgan fingerprint density at radius 1 is 0.733 bits per heavy atom. The van der Waals surface area contributed by atoms with E-state index < -0.39 is 36.4 Å². The third kappa shape index (κ3) is 4.56. The van der Waals surface area contributed by atoms with Gasteiger partial charge in [-0.1, -0.05) is 0 Å². The standard InChI is InChI=1S/C6H10O8.Cu/c7-1(3(9)5(11)12)2(8)4(10)6(13)14;/h1-4,7-10H,(H,11,12)(H,13,14);/t1-,2-,3-,4+;/m1./s1. The Kier molecular flexibility index (Phi) is 7.49. The quantitative estimate of drug-likeness (QED) is 0.283. The summed E-state index contributed by atoms with van der Waals surface area (Å²) in [6, 6.07) is 0. The SMILES string of the molecule is O=C(O)[C@@H](O)[C@H](O)[C@@H](O)[C@@H](O)C(=O)O.[Cu]. The molecule has 0 aliphatic carbocycles. The molecule has 0 saturated heterocycles. The molecule has 0 aromatic carbocycles. The van der Waals surface area contributed by atoms with Gasteiger partial charge in [-0.15, -0.1) is 0 Å². The van der Waals surface area contributed by atoms with Crippen LogP contribution in [0.1, 0.15) is 0 Å². The first-order chi connectivity index (χ1) is 6.29. The van der Waals surface area contributed by atoms with Crippen molar-refractivity contribution in [2.45, 2.75) is 24.4 Å². The summed E-state index contributed by atoms with van der Waals surface area (Å²) < 4.78 is 0. The molecule has 0 spiro atoms. The Bertz CT molecular complexity index is 207. The van der Waals surface area contributed by atoms with Crippen LogP contribution >= 0.6 is 0 Å². The van der Waals surface area contributed by atoms with Crippen molar-refractivity contribution in [1.29, 1.82) is 0 Å². The summed E-state index contributed by atoms with van der Waals surface area (Å²) in [6.07, 6.45) is -9.28. The summed E-state index contributed by atoms with van der Waals surface area (Å²) in [6.45, 7) is 0. The van der Waals surface area contributed by atoms with Gasteiger partial charge in [-0.2, -0.15) is 0 Å². The predicted molar refractivity (Wildman–Crippen MR) is 39.3 cm³/mol. The van der Waals surface area contributed by atoms with Gasteiger partial charge in [0.05, 0.1) is 0 Å². The molecule has 0 aromatic heterocycles. The maximum Gasteiger partial charge on any atom is 0.335 e. The third-order valence-corrected chi connectivity index (χ3v) is 1.50. The van der Waals surface area contributed by atoms with Gasteiger partial charge in [0, 0.05) is 17.1 Å². The van der Waals surface area contributed by atoms with Crippen LogP contribution in [0.5, 0.6) is 0 Å². The molecule has 0 aromatic rings. The largest absolute Gasteiger partial charge is 0.479 e.